The third-order valence-corrected chi connectivity index (χ3v) is 8.08. The number of alkyl halides is 3. The fraction of sp³-hybridized carbons (Fsp3) is 0.667. The average Bonchev–Trinajstić information content (AvgIpc) is 3.26. The van der Waals surface area contributed by atoms with Gasteiger partial charge in [-0.05, 0) is 56.6 Å². The number of pyridine rings is 1. The second kappa shape index (κ2) is 8.27. The van der Waals surface area contributed by atoms with Crippen LogP contribution in [0.3, 0.4) is 0 Å². The normalized spacial score (nSPS) is 30.5. The van der Waals surface area contributed by atoms with Gasteiger partial charge in [-0.2, -0.15) is 18.3 Å². The smallest absolute Gasteiger partial charge is 0.383 e. The molecule has 0 amide bonds. The van der Waals surface area contributed by atoms with Crippen LogP contribution in [-0.4, -0.2) is 52.0 Å². The van der Waals surface area contributed by atoms with Crippen molar-refractivity contribution < 1.29 is 17.9 Å². The van der Waals surface area contributed by atoms with Gasteiger partial charge in [-0.15, -0.1) is 0 Å². The molecular formula is C24H32F3N5O. The number of likely N-dealkylation sites (tertiary alicyclic amines) is 1. The van der Waals surface area contributed by atoms with Crippen molar-refractivity contribution in [3.63, 3.8) is 0 Å². The minimum absolute atomic E-state index is 0.177. The quantitative estimate of drug-likeness (QED) is 0.671. The highest BCUT2D eigenvalue weighted by atomic mass is 19.4. The molecule has 3 heterocycles. The van der Waals surface area contributed by atoms with E-state index in [9.17, 15) is 13.2 Å². The lowest BCUT2D eigenvalue weighted by atomic mass is 10.0. The topological polar surface area (TPSA) is 69.2 Å². The molecule has 0 bridgehead atoms. The SMILES string of the molecule is CCC(C)n1nc(-c2cnc(N)c(C(F)(F)F)c2)cc1C1[C@H]2CC(N3CC[C@H](OC)C3)C[C@@H]12. The van der Waals surface area contributed by atoms with Gasteiger partial charge in [0.1, 0.15) is 5.82 Å². The van der Waals surface area contributed by atoms with Crippen LogP contribution in [0.5, 0.6) is 0 Å². The Labute approximate surface area is 192 Å². The maximum atomic E-state index is 13.4. The number of methoxy groups -OCH3 is 1. The van der Waals surface area contributed by atoms with E-state index >= 15 is 0 Å². The first-order valence-corrected chi connectivity index (χ1v) is 11.9. The maximum Gasteiger partial charge on any atom is 0.419 e. The number of aromatic nitrogens is 3. The summed E-state index contributed by atoms with van der Waals surface area (Å²) in [5, 5.41) is 4.75. The Kier molecular flexibility index (Phi) is 5.68. The molecule has 5 rings (SSSR count). The van der Waals surface area contributed by atoms with Gasteiger partial charge in [0.25, 0.3) is 0 Å². The highest BCUT2D eigenvalue weighted by molar-refractivity contribution is 5.63. The van der Waals surface area contributed by atoms with Gasteiger partial charge < -0.3 is 10.5 Å². The fourth-order valence-electron chi connectivity index (χ4n) is 5.99. The predicted octanol–water partition coefficient (Wildman–Crippen LogP) is 4.73. The van der Waals surface area contributed by atoms with Crippen molar-refractivity contribution in [2.75, 3.05) is 25.9 Å². The zero-order valence-electron chi connectivity index (χ0n) is 19.3. The van der Waals surface area contributed by atoms with Gasteiger partial charge in [-0.3, -0.25) is 9.58 Å². The Morgan fingerprint density at radius 2 is 1.97 bits per heavy atom. The molecular weight excluding hydrogens is 431 g/mol. The van der Waals surface area contributed by atoms with Crippen molar-refractivity contribution in [1.29, 1.82) is 0 Å². The Morgan fingerprint density at radius 3 is 2.58 bits per heavy atom. The van der Waals surface area contributed by atoms with Crippen LogP contribution < -0.4 is 5.73 Å². The highest BCUT2D eigenvalue weighted by Crippen LogP contribution is 2.64. The zero-order chi connectivity index (χ0) is 23.5. The minimum Gasteiger partial charge on any atom is -0.383 e. The summed E-state index contributed by atoms with van der Waals surface area (Å²) in [7, 11) is 1.79. The molecule has 0 radical (unpaired) electrons. The lowest BCUT2D eigenvalue weighted by molar-refractivity contribution is -0.137. The van der Waals surface area contributed by atoms with Gasteiger partial charge in [0, 0.05) is 55.7 Å². The monoisotopic (exact) mass is 463 g/mol. The molecule has 2 aliphatic carbocycles. The molecule has 1 saturated heterocycles. The van der Waals surface area contributed by atoms with E-state index in [0.29, 0.717) is 41.2 Å². The largest absolute Gasteiger partial charge is 0.419 e. The summed E-state index contributed by atoms with van der Waals surface area (Å²) in [5.41, 5.74) is 6.62. The van der Waals surface area contributed by atoms with Crippen LogP contribution in [0.4, 0.5) is 19.0 Å². The highest BCUT2D eigenvalue weighted by Gasteiger charge is 2.59. The van der Waals surface area contributed by atoms with Crippen LogP contribution in [0, 0.1) is 11.8 Å². The van der Waals surface area contributed by atoms with E-state index < -0.39 is 17.6 Å². The van der Waals surface area contributed by atoms with Gasteiger partial charge in [0.15, 0.2) is 0 Å². The summed E-state index contributed by atoms with van der Waals surface area (Å²) in [4.78, 5) is 6.38. The summed E-state index contributed by atoms with van der Waals surface area (Å²) >= 11 is 0. The fourth-order valence-corrected chi connectivity index (χ4v) is 5.99. The lowest BCUT2D eigenvalue weighted by Crippen LogP contribution is -2.33. The van der Waals surface area contributed by atoms with Crippen LogP contribution in [0.1, 0.15) is 62.7 Å². The number of nitrogens with two attached hydrogens (primary N) is 1. The maximum absolute atomic E-state index is 13.4. The van der Waals surface area contributed by atoms with Crippen LogP contribution in [0.2, 0.25) is 0 Å². The summed E-state index contributed by atoms with van der Waals surface area (Å²) < 4.78 is 47.6. The molecule has 3 unspecified atom stereocenters. The van der Waals surface area contributed by atoms with Crippen LogP contribution in [-0.2, 0) is 10.9 Å². The van der Waals surface area contributed by atoms with Crippen LogP contribution in [0.15, 0.2) is 18.3 Å². The van der Waals surface area contributed by atoms with E-state index in [-0.39, 0.29) is 6.04 Å². The number of ether oxygens (including phenoxy) is 1. The van der Waals surface area contributed by atoms with Crippen molar-refractivity contribution in [1.82, 2.24) is 19.7 Å². The first-order valence-electron chi connectivity index (χ1n) is 11.9. The van der Waals surface area contributed by atoms with Crippen molar-refractivity contribution in [3.05, 3.63) is 29.6 Å². The molecule has 2 aromatic rings. The molecule has 2 N–H and O–H groups in total. The molecule has 6 atom stereocenters. The van der Waals surface area contributed by atoms with Crippen LogP contribution >= 0.6 is 0 Å². The molecule has 1 aliphatic heterocycles. The van der Waals surface area contributed by atoms with Crippen molar-refractivity contribution >= 4 is 5.82 Å². The molecule has 0 spiro atoms. The zero-order valence-corrected chi connectivity index (χ0v) is 19.3. The molecule has 3 fully saturated rings. The lowest BCUT2D eigenvalue weighted by Gasteiger charge is -2.26. The van der Waals surface area contributed by atoms with E-state index in [1.54, 1.807) is 7.11 Å². The molecule has 9 heteroatoms. The number of nitrogen functional groups attached to an aromatic ring is 1. The van der Waals surface area contributed by atoms with Gasteiger partial charge in [0.05, 0.1) is 17.4 Å². The molecule has 33 heavy (non-hydrogen) atoms. The summed E-state index contributed by atoms with van der Waals surface area (Å²) in [6.07, 6.45) is 1.55. The number of hydrogen-bond donors (Lipinski definition) is 1. The number of fused-ring (bicyclic) bond motifs is 1. The molecule has 3 aliphatic rings. The van der Waals surface area contributed by atoms with Gasteiger partial charge in [-0.25, -0.2) is 4.98 Å². The van der Waals surface area contributed by atoms with E-state index in [0.717, 1.165) is 37.7 Å². The molecule has 6 nitrogen and oxygen atoms in total. The standard InChI is InChI=1S/C24H32F3N5O/c1-4-13(2)32-21(10-20(30-32)14-7-19(24(25,26)27)23(28)29-11-14)22-17-8-15(9-18(17)22)31-6-5-16(12-31)33-3/h7,10-11,13,15-18,22H,4-6,8-9,12H2,1-3H3,(H2,28,29)/t13?,15?,16-,17-,18+,22?/m0/s1. The number of rotatable bonds is 6. The molecule has 180 valence electrons. The van der Waals surface area contributed by atoms with Gasteiger partial charge in [-0.1, -0.05) is 6.92 Å². The summed E-state index contributed by atoms with van der Waals surface area (Å²) in [6.45, 7) is 6.34. The first-order chi connectivity index (χ1) is 15.7. The van der Waals surface area contributed by atoms with Gasteiger partial charge >= 0.3 is 6.18 Å². The molecule has 2 saturated carbocycles. The predicted molar refractivity (Wildman–Crippen MR) is 120 cm³/mol. The summed E-state index contributed by atoms with van der Waals surface area (Å²) in [5.74, 6) is 1.17. The van der Waals surface area contributed by atoms with E-state index in [2.05, 4.69) is 23.7 Å². The second-order valence-electron chi connectivity index (χ2n) is 9.93. The van der Waals surface area contributed by atoms with Crippen molar-refractivity contribution in [3.8, 4) is 11.3 Å². The number of anilines is 1. The average molecular weight is 464 g/mol. The Bertz CT molecular complexity index is 1010. The molecule has 2 aromatic heterocycles. The van der Waals surface area contributed by atoms with E-state index in [1.807, 2.05) is 10.7 Å². The Morgan fingerprint density at radius 1 is 1.24 bits per heavy atom. The third-order valence-electron chi connectivity index (χ3n) is 8.08. The third kappa shape index (κ3) is 4.03. The number of nitrogens with zero attached hydrogens (tertiary/aromatic N) is 4. The van der Waals surface area contributed by atoms with E-state index in [1.165, 1.54) is 19.0 Å². The molecule has 0 aromatic carbocycles. The Hall–Kier alpha value is -2.13. The van der Waals surface area contributed by atoms with Gasteiger partial charge in [0.2, 0.25) is 0 Å². The number of halogens is 3. The number of hydrogen-bond acceptors (Lipinski definition) is 5. The second-order valence-corrected chi connectivity index (χ2v) is 9.93. The van der Waals surface area contributed by atoms with Crippen molar-refractivity contribution in [2.24, 2.45) is 11.8 Å². The Balaban J connectivity index is 1.38. The first kappa shape index (κ1) is 22.7. The van der Waals surface area contributed by atoms with Crippen LogP contribution in [0.25, 0.3) is 11.3 Å². The minimum atomic E-state index is -4.55. The summed E-state index contributed by atoms with van der Waals surface area (Å²) in [6, 6.07) is 3.84. The van der Waals surface area contributed by atoms with E-state index in [4.69, 9.17) is 15.6 Å². The van der Waals surface area contributed by atoms with Crippen molar-refractivity contribution in [2.45, 2.75) is 69.8 Å².